The Bertz CT molecular complexity index is 906. The molecule has 3 rings (SSSR count). The molecule has 2 aromatic rings. The van der Waals surface area contributed by atoms with Crippen molar-refractivity contribution in [3.8, 4) is 5.75 Å². The standard InChI is InChI=1S/C21H23F2N3O4/c1-13-11-16(5-8-18(13)24-14(2)27)25-21(28)26-9-10-29-19(12-26)15-3-6-17(7-4-15)30-20(22)23/h3-8,11,19-20H,9-10,12H2,1-2H3,(H,24,27)(H,25,28). The molecule has 1 heterocycles. The summed E-state index contributed by atoms with van der Waals surface area (Å²) in [6.45, 7) is 1.50. The fraction of sp³-hybridized carbons (Fsp3) is 0.333. The molecule has 0 radical (unpaired) electrons. The van der Waals surface area contributed by atoms with Gasteiger partial charge >= 0.3 is 12.6 Å². The zero-order valence-corrected chi connectivity index (χ0v) is 16.7. The Morgan fingerprint density at radius 2 is 1.90 bits per heavy atom. The van der Waals surface area contributed by atoms with Gasteiger partial charge in [-0.25, -0.2) is 4.79 Å². The zero-order chi connectivity index (χ0) is 21.7. The summed E-state index contributed by atoms with van der Waals surface area (Å²) in [6, 6.07) is 11.2. The van der Waals surface area contributed by atoms with Crippen LogP contribution in [0.25, 0.3) is 0 Å². The second kappa shape index (κ2) is 9.53. The molecule has 7 nitrogen and oxygen atoms in total. The molecular formula is C21H23F2N3O4. The van der Waals surface area contributed by atoms with Gasteiger partial charge in [-0.15, -0.1) is 0 Å². The van der Waals surface area contributed by atoms with Crippen LogP contribution in [0.2, 0.25) is 0 Å². The number of nitrogens with zero attached hydrogens (tertiary/aromatic N) is 1. The predicted octanol–water partition coefficient (Wildman–Crippen LogP) is 4.16. The lowest BCUT2D eigenvalue weighted by Crippen LogP contribution is -2.44. The molecule has 0 spiro atoms. The third-order valence-electron chi connectivity index (χ3n) is 4.62. The van der Waals surface area contributed by atoms with Crippen LogP contribution < -0.4 is 15.4 Å². The summed E-state index contributed by atoms with van der Waals surface area (Å²) in [5.74, 6) is -0.0970. The van der Waals surface area contributed by atoms with E-state index in [0.29, 0.717) is 31.1 Å². The van der Waals surface area contributed by atoms with Crippen molar-refractivity contribution in [3.63, 3.8) is 0 Å². The highest BCUT2D eigenvalue weighted by Crippen LogP contribution is 2.26. The third kappa shape index (κ3) is 5.66. The van der Waals surface area contributed by atoms with Crippen molar-refractivity contribution in [2.24, 2.45) is 0 Å². The first-order valence-electron chi connectivity index (χ1n) is 9.42. The highest BCUT2D eigenvalue weighted by atomic mass is 19.3. The number of nitrogens with one attached hydrogen (secondary N) is 2. The van der Waals surface area contributed by atoms with Crippen molar-refractivity contribution in [2.45, 2.75) is 26.6 Å². The topological polar surface area (TPSA) is 79.9 Å². The first-order chi connectivity index (χ1) is 14.3. The lowest BCUT2D eigenvalue weighted by atomic mass is 10.1. The fourth-order valence-electron chi connectivity index (χ4n) is 3.17. The Balaban J connectivity index is 1.61. The summed E-state index contributed by atoms with van der Waals surface area (Å²) in [7, 11) is 0. The van der Waals surface area contributed by atoms with Crippen LogP contribution in [0, 0.1) is 6.92 Å². The van der Waals surface area contributed by atoms with E-state index in [9.17, 15) is 18.4 Å². The molecule has 1 aliphatic heterocycles. The van der Waals surface area contributed by atoms with E-state index in [1.54, 1.807) is 35.2 Å². The van der Waals surface area contributed by atoms with Gasteiger partial charge in [0.05, 0.1) is 13.2 Å². The Hall–Kier alpha value is -3.20. The summed E-state index contributed by atoms with van der Waals surface area (Å²) in [4.78, 5) is 25.5. The Morgan fingerprint density at radius 1 is 1.17 bits per heavy atom. The highest BCUT2D eigenvalue weighted by molar-refractivity contribution is 5.92. The number of urea groups is 1. The number of morpholine rings is 1. The lowest BCUT2D eigenvalue weighted by Gasteiger charge is -2.33. The number of rotatable bonds is 5. The van der Waals surface area contributed by atoms with E-state index >= 15 is 0 Å². The van der Waals surface area contributed by atoms with Gasteiger partial charge < -0.3 is 25.0 Å². The number of hydrogen-bond acceptors (Lipinski definition) is 4. The minimum absolute atomic E-state index is 0.0669. The van der Waals surface area contributed by atoms with Crippen LogP contribution in [0.5, 0.6) is 5.75 Å². The normalized spacial score (nSPS) is 16.3. The van der Waals surface area contributed by atoms with Gasteiger partial charge in [-0.1, -0.05) is 12.1 Å². The molecule has 1 aliphatic rings. The molecule has 1 saturated heterocycles. The van der Waals surface area contributed by atoms with Gasteiger partial charge in [0.2, 0.25) is 5.91 Å². The van der Waals surface area contributed by atoms with Crippen molar-refractivity contribution in [1.29, 1.82) is 0 Å². The van der Waals surface area contributed by atoms with Crippen LogP contribution in [0.4, 0.5) is 25.0 Å². The number of alkyl halides is 2. The molecule has 3 amide bonds. The van der Waals surface area contributed by atoms with E-state index in [4.69, 9.17) is 4.74 Å². The van der Waals surface area contributed by atoms with Gasteiger partial charge in [-0.05, 0) is 48.4 Å². The van der Waals surface area contributed by atoms with Gasteiger partial charge in [0.15, 0.2) is 0 Å². The Morgan fingerprint density at radius 3 is 2.53 bits per heavy atom. The first-order valence-corrected chi connectivity index (χ1v) is 9.42. The second-order valence-electron chi connectivity index (χ2n) is 6.89. The second-order valence-corrected chi connectivity index (χ2v) is 6.89. The van der Waals surface area contributed by atoms with E-state index in [1.165, 1.54) is 19.1 Å². The molecule has 9 heteroatoms. The molecule has 160 valence electrons. The highest BCUT2D eigenvalue weighted by Gasteiger charge is 2.25. The Kier molecular flexibility index (Phi) is 6.83. The summed E-state index contributed by atoms with van der Waals surface area (Å²) in [5.41, 5.74) is 2.90. The van der Waals surface area contributed by atoms with Gasteiger partial charge in [0.1, 0.15) is 11.9 Å². The van der Waals surface area contributed by atoms with Gasteiger partial charge in [0, 0.05) is 24.8 Å². The molecular weight excluding hydrogens is 396 g/mol. The molecule has 0 aliphatic carbocycles. The van der Waals surface area contributed by atoms with E-state index in [-0.39, 0.29) is 23.8 Å². The van der Waals surface area contributed by atoms with Gasteiger partial charge in [0.25, 0.3) is 0 Å². The number of benzene rings is 2. The fourth-order valence-corrected chi connectivity index (χ4v) is 3.17. The minimum Gasteiger partial charge on any atom is -0.435 e. The minimum atomic E-state index is -2.88. The SMILES string of the molecule is CC(=O)Nc1ccc(NC(=O)N2CCOC(c3ccc(OC(F)F)cc3)C2)cc1C. The maximum absolute atomic E-state index is 12.7. The summed E-state index contributed by atoms with van der Waals surface area (Å²) >= 11 is 0. The molecule has 1 atom stereocenters. The summed E-state index contributed by atoms with van der Waals surface area (Å²) in [5, 5.41) is 5.58. The van der Waals surface area contributed by atoms with Crippen LogP contribution >= 0.6 is 0 Å². The number of anilines is 2. The van der Waals surface area contributed by atoms with E-state index in [1.807, 2.05) is 6.92 Å². The maximum Gasteiger partial charge on any atom is 0.387 e. The monoisotopic (exact) mass is 419 g/mol. The van der Waals surface area contributed by atoms with Crippen molar-refractivity contribution in [3.05, 3.63) is 53.6 Å². The smallest absolute Gasteiger partial charge is 0.387 e. The number of hydrogen-bond donors (Lipinski definition) is 2. The van der Waals surface area contributed by atoms with Crippen molar-refractivity contribution >= 4 is 23.3 Å². The van der Waals surface area contributed by atoms with E-state index in [2.05, 4.69) is 15.4 Å². The lowest BCUT2D eigenvalue weighted by molar-refractivity contribution is -0.114. The number of aryl methyl sites for hydroxylation is 1. The molecule has 0 aromatic heterocycles. The molecule has 2 N–H and O–H groups in total. The average Bonchev–Trinajstić information content (AvgIpc) is 2.70. The van der Waals surface area contributed by atoms with Crippen LogP contribution in [0.15, 0.2) is 42.5 Å². The molecule has 2 aromatic carbocycles. The average molecular weight is 419 g/mol. The van der Waals surface area contributed by atoms with Gasteiger partial charge in [-0.3, -0.25) is 4.79 Å². The maximum atomic E-state index is 12.7. The molecule has 1 fully saturated rings. The molecule has 0 saturated carbocycles. The van der Waals surface area contributed by atoms with Crippen LogP contribution in [0.3, 0.4) is 0 Å². The molecule has 0 bridgehead atoms. The predicted molar refractivity (Wildman–Crippen MR) is 108 cm³/mol. The molecule has 30 heavy (non-hydrogen) atoms. The van der Waals surface area contributed by atoms with E-state index in [0.717, 1.165) is 11.1 Å². The largest absolute Gasteiger partial charge is 0.435 e. The molecule has 1 unspecified atom stereocenters. The quantitative estimate of drug-likeness (QED) is 0.763. The van der Waals surface area contributed by atoms with Crippen LogP contribution in [0.1, 0.15) is 24.2 Å². The zero-order valence-electron chi connectivity index (χ0n) is 16.7. The summed E-state index contributed by atoms with van der Waals surface area (Å²) in [6.07, 6.45) is -0.367. The van der Waals surface area contributed by atoms with Crippen molar-refractivity contribution in [2.75, 3.05) is 30.3 Å². The van der Waals surface area contributed by atoms with E-state index < -0.39 is 6.61 Å². The van der Waals surface area contributed by atoms with Crippen LogP contribution in [-0.2, 0) is 9.53 Å². The summed E-state index contributed by atoms with van der Waals surface area (Å²) < 4.78 is 34.6. The van der Waals surface area contributed by atoms with Crippen molar-refractivity contribution < 1.29 is 27.8 Å². The van der Waals surface area contributed by atoms with Crippen molar-refractivity contribution in [1.82, 2.24) is 4.90 Å². The third-order valence-corrected chi connectivity index (χ3v) is 4.62. The number of carbonyl (C=O) groups is 2. The van der Waals surface area contributed by atoms with Crippen LogP contribution in [-0.4, -0.2) is 43.1 Å². The number of ether oxygens (including phenoxy) is 2. The first kappa shape index (κ1) is 21.5. The number of amides is 3. The van der Waals surface area contributed by atoms with Gasteiger partial charge in [-0.2, -0.15) is 8.78 Å². The Labute approximate surface area is 173 Å². The number of carbonyl (C=O) groups excluding carboxylic acids is 2. The number of halogens is 2.